The third-order valence-corrected chi connectivity index (χ3v) is 2.96. The summed E-state index contributed by atoms with van der Waals surface area (Å²) in [5, 5.41) is 5.68. The molecule has 1 aromatic rings. The molecule has 2 amide bonds. The zero-order valence-corrected chi connectivity index (χ0v) is 10.6. The van der Waals surface area contributed by atoms with Crippen LogP contribution in [-0.4, -0.2) is 31.4 Å². The molecule has 1 atom stereocenters. The van der Waals surface area contributed by atoms with Crippen LogP contribution in [0, 0.1) is 0 Å². The second-order valence-corrected chi connectivity index (χ2v) is 4.41. The summed E-state index contributed by atoms with van der Waals surface area (Å²) in [5.74, 6) is -0.0938. The van der Waals surface area contributed by atoms with Gasteiger partial charge in [-0.25, -0.2) is 0 Å². The Morgan fingerprint density at radius 2 is 2.22 bits per heavy atom. The van der Waals surface area contributed by atoms with Crippen LogP contribution >= 0.6 is 0 Å². The zero-order chi connectivity index (χ0) is 13.1. The lowest BCUT2D eigenvalue weighted by Gasteiger charge is -2.27. The molecule has 18 heavy (non-hydrogen) atoms. The smallest absolute Gasteiger partial charge is 0.241 e. The van der Waals surface area contributed by atoms with Gasteiger partial charge in [0.15, 0.2) is 0 Å². The van der Waals surface area contributed by atoms with Crippen molar-refractivity contribution in [2.24, 2.45) is 0 Å². The fourth-order valence-corrected chi connectivity index (χ4v) is 2.20. The van der Waals surface area contributed by atoms with E-state index in [1.165, 1.54) is 0 Å². The minimum absolute atomic E-state index is 0.0334. The number of para-hydroxylation sites is 2. The quantitative estimate of drug-likeness (QED) is 0.818. The van der Waals surface area contributed by atoms with Gasteiger partial charge in [-0.05, 0) is 26.1 Å². The van der Waals surface area contributed by atoms with Gasteiger partial charge in [-0.15, -0.1) is 0 Å². The molecule has 0 radical (unpaired) electrons. The minimum Gasteiger partial charge on any atom is -0.324 e. The molecule has 2 rings (SSSR count). The highest BCUT2D eigenvalue weighted by Crippen LogP contribution is 2.30. The highest BCUT2D eigenvalue weighted by molar-refractivity contribution is 6.04. The molecule has 1 aliphatic rings. The summed E-state index contributed by atoms with van der Waals surface area (Å²) in [5.41, 5.74) is 1.45. The second-order valence-electron chi connectivity index (χ2n) is 4.41. The van der Waals surface area contributed by atoms with E-state index in [2.05, 4.69) is 10.6 Å². The van der Waals surface area contributed by atoms with Crippen LogP contribution in [0.3, 0.4) is 0 Å². The van der Waals surface area contributed by atoms with Gasteiger partial charge >= 0.3 is 0 Å². The lowest BCUT2D eigenvalue weighted by molar-refractivity contribution is -0.118. The van der Waals surface area contributed by atoms with Crippen molar-refractivity contribution in [3.05, 3.63) is 24.3 Å². The largest absolute Gasteiger partial charge is 0.324 e. The summed E-state index contributed by atoms with van der Waals surface area (Å²) in [6.45, 7) is 2.14. The molecule has 0 spiro atoms. The van der Waals surface area contributed by atoms with E-state index in [4.69, 9.17) is 0 Å². The molecule has 1 heterocycles. The molecular weight excluding hydrogens is 230 g/mol. The summed E-state index contributed by atoms with van der Waals surface area (Å²) in [6, 6.07) is 7.23. The minimum atomic E-state index is -0.144. The Morgan fingerprint density at radius 3 is 2.94 bits per heavy atom. The summed E-state index contributed by atoms with van der Waals surface area (Å²) >= 11 is 0. The predicted molar refractivity (Wildman–Crippen MR) is 70.6 cm³/mol. The molecule has 0 saturated heterocycles. The third kappa shape index (κ3) is 2.36. The van der Waals surface area contributed by atoms with Crippen molar-refractivity contribution in [3.8, 4) is 0 Å². The van der Waals surface area contributed by atoms with E-state index in [0.717, 1.165) is 5.69 Å². The zero-order valence-electron chi connectivity index (χ0n) is 10.6. The number of likely N-dealkylation sites (N-methyl/N-ethyl adjacent to an activating group) is 1. The van der Waals surface area contributed by atoms with E-state index in [1.807, 2.05) is 31.2 Å². The van der Waals surface area contributed by atoms with Gasteiger partial charge in [0.25, 0.3) is 0 Å². The summed E-state index contributed by atoms with van der Waals surface area (Å²) in [6.07, 6.45) is 0.310. The van der Waals surface area contributed by atoms with Crippen LogP contribution in [0.5, 0.6) is 0 Å². The number of anilines is 2. The Morgan fingerprint density at radius 1 is 1.50 bits per heavy atom. The van der Waals surface area contributed by atoms with Crippen molar-refractivity contribution in [2.45, 2.75) is 19.4 Å². The van der Waals surface area contributed by atoms with Crippen LogP contribution < -0.4 is 15.5 Å². The lowest BCUT2D eigenvalue weighted by atomic mass is 10.1. The Balaban J connectivity index is 2.43. The fraction of sp³-hybridized carbons (Fsp3) is 0.385. The van der Waals surface area contributed by atoms with Crippen LogP contribution in [0.1, 0.15) is 13.3 Å². The van der Waals surface area contributed by atoms with Crippen molar-refractivity contribution in [2.75, 3.05) is 23.8 Å². The number of nitrogens with zero attached hydrogens (tertiary/aromatic N) is 1. The van der Waals surface area contributed by atoms with Gasteiger partial charge in [0.1, 0.15) is 0 Å². The van der Waals surface area contributed by atoms with Crippen LogP contribution in [0.25, 0.3) is 0 Å². The lowest BCUT2D eigenvalue weighted by Crippen LogP contribution is -2.43. The molecule has 96 valence electrons. The van der Waals surface area contributed by atoms with Gasteiger partial charge < -0.3 is 15.5 Å². The number of amides is 2. The topological polar surface area (TPSA) is 61.4 Å². The monoisotopic (exact) mass is 247 g/mol. The summed E-state index contributed by atoms with van der Waals surface area (Å²) in [7, 11) is 1.73. The van der Waals surface area contributed by atoms with Crippen LogP contribution in [-0.2, 0) is 9.59 Å². The summed E-state index contributed by atoms with van der Waals surface area (Å²) < 4.78 is 0. The van der Waals surface area contributed by atoms with Gasteiger partial charge in [0.05, 0.1) is 17.9 Å². The standard InChI is InChI=1S/C13H17N3O2/c1-9-7-12(17)15-10-5-3-4-6-11(10)16(9)13(18)8-14-2/h3-6,9,14H,7-8H2,1-2H3,(H,15,17)/t9-/m1/s1. The molecule has 1 aromatic carbocycles. The van der Waals surface area contributed by atoms with Crippen molar-refractivity contribution in [3.63, 3.8) is 0 Å². The van der Waals surface area contributed by atoms with Crippen molar-refractivity contribution in [1.29, 1.82) is 0 Å². The van der Waals surface area contributed by atoms with Gasteiger partial charge in [0, 0.05) is 12.5 Å². The first-order chi connectivity index (χ1) is 8.63. The average Bonchev–Trinajstić information content (AvgIpc) is 2.43. The summed E-state index contributed by atoms with van der Waals surface area (Å²) in [4.78, 5) is 25.6. The number of carbonyl (C=O) groups is 2. The second kappa shape index (κ2) is 5.18. The molecule has 0 unspecified atom stereocenters. The molecule has 0 fully saturated rings. The fourth-order valence-electron chi connectivity index (χ4n) is 2.20. The van der Waals surface area contributed by atoms with Crippen LogP contribution in [0.15, 0.2) is 24.3 Å². The predicted octanol–water partition coefficient (Wildman–Crippen LogP) is 0.970. The van der Waals surface area contributed by atoms with Gasteiger partial charge in [-0.1, -0.05) is 12.1 Å². The van der Waals surface area contributed by atoms with Crippen LogP contribution in [0.2, 0.25) is 0 Å². The van der Waals surface area contributed by atoms with E-state index in [-0.39, 0.29) is 24.4 Å². The Labute approximate surface area is 106 Å². The average molecular weight is 247 g/mol. The first-order valence-electron chi connectivity index (χ1n) is 5.99. The van der Waals surface area contributed by atoms with Gasteiger partial charge in [-0.3, -0.25) is 9.59 Å². The maximum Gasteiger partial charge on any atom is 0.241 e. The molecule has 2 N–H and O–H groups in total. The van der Waals surface area contributed by atoms with Crippen molar-refractivity contribution < 1.29 is 9.59 Å². The maximum absolute atomic E-state index is 12.2. The number of hydrogen-bond donors (Lipinski definition) is 2. The Kier molecular flexibility index (Phi) is 3.62. The highest BCUT2D eigenvalue weighted by Gasteiger charge is 2.28. The van der Waals surface area contributed by atoms with E-state index in [1.54, 1.807) is 11.9 Å². The molecule has 0 saturated carbocycles. The number of fused-ring (bicyclic) bond motifs is 1. The molecule has 0 aliphatic carbocycles. The number of benzene rings is 1. The normalized spacial score (nSPS) is 18.9. The van der Waals surface area contributed by atoms with Gasteiger partial charge in [0.2, 0.25) is 11.8 Å². The number of hydrogen-bond acceptors (Lipinski definition) is 3. The van der Waals surface area contributed by atoms with Crippen molar-refractivity contribution in [1.82, 2.24) is 5.32 Å². The number of nitrogens with one attached hydrogen (secondary N) is 2. The molecule has 5 heteroatoms. The number of rotatable bonds is 2. The van der Waals surface area contributed by atoms with Gasteiger partial charge in [-0.2, -0.15) is 0 Å². The first-order valence-corrected chi connectivity index (χ1v) is 5.99. The molecule has 1 aliphatic heterocycles. The first kappa shape index (κ1) is 12.6. The molecule has 0 aromatic heterocycles. The SMILES string of the molecule is CNCC(=O)N1c2ccccc2NC(=O)C[C@H]1C. The Hall–Kier alpha value is -1.88. The van der Waals surface area contributed by atoms with Crippen LogP contribution in [0.4, 0.5) is 11.4 Å². The molecule has 0 bridgehead atoms. The van der Waals surface area contributed by atoms with E-state index < -0.39 is 0 Å². The maximum atomic E-state index is 12.2. The highest BCUT2D eigenvalue weighted by atomic mass is 16.2. The number of carbonyl (C=O) groups excluding carboxylic acids is 2. The van der Waals surface area contributed by atoms with Crippen molar-refractivity contribution >= 4 is 23.2 Å². The molecular formula is C13H17N3O2. The Bertz CT molecular complexity index is 473. The molecule has 5 nitrogen and oxygen atoms in total. The van der Waals surface area contributed by atoms with E-state index in [9.17, 15) is 9.59 Å². The van der Waals surface area contributed by atoms with E-state index in [0.29, 0.717) is 12.1 Å². The van der Waals surface area contributed by atoms with E-state index >= 15 is 0 Å². The third-order valence-electron chi connectivity index (χ3n) is 2.96.